The van der Waals surface area contributed by atoms with Crippen LogP contribution in [0.1, 0.15) is 47.1 Å². The third kappa shape index (κ3) is 5.27. The molecule has 1 N–H and O–H groups in total. The van der Waals surface area contributed by atoms with Gasteiger partial charge in [-0.2, -0.15) is 0 Å². The summed E-state index contributed by atoms with van der Waals surface area (Å²) in [6.45, 7) is 14.5. The largest absolute Gasteiger partial charge is 0.312 e. The second-order valence-electron chi connectivity index (χ2n) is 7.34. The molecule has 114 valence electrons. The standard InChI is InChI=1S/C17H27Cl2N/c1-12(2)17(6,11-20-16(3,4)5)10-13-7-8-14(18)15(19)9-13/h7-9,12,20H,10-11H2,1-6H3. The van der Waals surface area contributed by atoms with E-state index in [0.29, 0.717) is 16.0 Å². The van der Waals surface area contributed by atoms with Gasteiger partial charge in [0, 0.05) is 12.1 Å². The van der Waals surface area contributed by atoms with Crippen molar-refractivity contribution in [1.82, 2.24) is 5.32 Å². The fraction of sp³-hybridized carbons (Fsp3) is 0.647. The van der Waals surface area contributed by atoms with Crippen molar-refractivity contribution < 1.29 is 0 Å². The molecule has 0 amide bonds. The van der Waals surface area contributed by atoms with Crippen molar-refractivity contribution in [3.8, 4) is 0 Å². The van der Waals surface area contributed by atoms with Crippen LogP contribution in [0.15, 0.2) is 18.2 Å². The summed E-state index contributed by atoms with van der Waals surface area (Å²) in [7, 11) is 0. The first kappa shape index (κ1) is 17.8. The predicted molar refractivity (Wildman–Crippen MR) is 90.9 cm³/mol. The molecule has 1 unspecified atom stereocenters. The van der Waals surface area contributed by atoms with Gasteiger partial charge in [0.25, 0.3) is 0 Å². The second kappa shape index (κ2) is 6.68. The van der Waals surface area contributed by atoms with Crippen LogP contribution in [-0.2, 0) is 6.42 Å². The summed E-state index contributed by atoms with van der Waals surface area (Å²) in [6, 6.07) is 5.95. The zero-order chi connectivity index (χ0) is 15.6. The second-order valence-corrected chi connectivity index (χ2v) is 8.15. The normalized spacial score (nSPS) is 15.4. The molecule has 0 saturated heterocycles. The molecular weight excluding hydrogens is 289 g/mol. The molecular formula is C17H27Cl2N. The predicted octanol–water partition coefficient (Wildman–Crippen LogP) is 5.59. The molecule has 1 nitrogen and oxygen atoms in total. The molecule has 0 aromatic heterocycles. The van der Waals surface area contributed by atoms with Crippen LogP contribution < -0.4 is 5.32 Å². The van der Waals surface area contributed by atoms with E-state index in [1.807, 2.05) is 12.1 Å². The molecule has 0 heterocycles. The lowest BCUT2D eigenvalue weighted by Gasteiger charge is -2.37. The number of halogens is 2. The van der Waals surface area contributed by atoms with Crippen molar-refractivity contribution in [2.75, 3.05) is 6.54 Å². The summed E-state index contributed by atoms with van der Waals surface area (Å²) in [6.07, 6.45) is 0.991. The van der Waals surface area contributed by atoms with Gasteiger partial charge in [0.1, 0.15) is 0 Å². The van der Waals surface area contributed by atoms with Gasteiger partial charge in [-0.1, -0.05) is 50.0 Å². The molecule has 3 heteroatoms. The SMILES string of the molecule is CC(C)C(C)(CNC(C)(C)C)Cc1ccc(Cl)c(Cl)c1. The molecule has 0 spiro atoms. The maximum absolute atomic E-state index is 6.12. The quantitative estimate of drug-likeness (QED) is 0.747. The molecule has 20 heavy (non-hydrogen) atoms. The lowest BCUT2D eigenvalue weighted by atomic mass is 9.74. The Morgan fingerprint density at radius 3 is 2.10 bits per heavy atom. The highest BCUT2D eigenvalue weighted by Gasteiger charge is 2.30. The maximum Gasteiger partial charge on any atom is 0.0595 e. The summed E-state index contributed by atoms with van der Waals surface area (Å²) >= 11 is 12.1. The highest BCUT2D eigenvalue weighted by Crippen LogP contribution is 2.33. The van der Waals surface area contributed by atoms with E-state index in [-0.39, 0.29) is 11.0 Å². The third-order valence-electron chi connectivity index (χ3n) is 4.01. The number of rotatable bonds is 5. The van der Waals surface area contributed by atoms with Crippen LogP contribution >= 0.6 is 23.2 Å². The highest BCUT2D eigenvalue weighted by atomic mass is 35.5. The Morgan fingerprint density at radius 1 is 1.05 bits per heavy atom. The molecule has 1 rings (SSSR count). The molecule has 1 atom stereocenters. The van der Waals surface area contributed by atoms with E-state index in [9.17, 15) is 0 Å². The van der Waals surface area contributed by atoms with Crippen LogP contribution in [0.2, 0.25) is 10.0 Å². The van der Waals surface area contributed by atoms with Crippen LogP contribution in [0, 0.1) is 11.3 Å². The van der Waals surface area contributed by atoms with Crippen LogP contribution in [0.3, 0.4) is 0 Å². The summed E-state index contributed by atoms with van der Waals surface area (Å²) in [4.78, 5) is 0. The molecule has 0 aliphatic carbocycles. The lowest BCUT2D eigenvalue weighted by Crippen LogP contribution is -2.45. The lowest BCUT2D eigenvalue weighted by molar-refractivity contribution is 0.188. The molecule has 0 fully saturated rings. The van der Waals surface area contributed by atoms with E-state index in [0.717, 1.165) is 13.0 Å². The van der Waals surface area contributed by atoms with Crippen molar-refractivity contribution in [1.29, 1.82) is 0 Å². The molecule has 0 aliphatic heterocycles. The number of hydrogen-bond acceptors (Lipinski definition) is 1. The van der Waals surface area contributed by atoms with Crippen LogP contribution in [0.5, 0.6) is 0 Å². The summed E-state index contributed by atoms with van der Waals surface area (Å²) < 4.78 is 0. The average Bonchev–Trinajstić information content (AvgIpc) is 2.30. The molecule has 0 bridgehead atoms. The van der Waals surface area contributed by atoms with E-state index in [1.165, 1.54) is 5.56 Å². The Bertz CT molecular complexity index is 449. The van der Waals surface area contributed by atoms with Gasteiger partial charge in [-0.25, -0.2) is 0 Å². The zero-order valence-electron chi connectivity index (χ0n) is 13.5. The van der Waals surface area contributed by atoms with E-state index in [4.69, 9.17) is 23.2 Å². The fourth-order valence-corrected chi connectivity index (χ4v) is 2.37. The first-order valence-corrected chi connectivity index (χ1v) is 7.98. The topological polar surface area (TPSA) is 12.0 Å². The van der Waals surface area contributed by atoms with Crippen molar-refractivity contribution in [2.24, 2.45) is 11.3 Å². The van der Waals surface area contributed by atoms with Crippen molar-refractivity contribution in [2.45, 2.75) is 53.5 Å². The molecule has 0 saturated carbocycles. The highest BCUT2D eigenvalue weighted by molar-refractivity contribution is 6.42. The minimum absolute atomic E-state index is 0.133. The van der Waals surface area contributed by atoms with E-state index >= 15 is 0 Å². The summed E-state index contributed by atoms with van der Waals surface area (Å²) in [5.74, 6) is 0.576. The van der Waals surface area contributed by atoms with Gasteiger partial charge in [-0.05, 0) is 56.2 Å². The Hall–Kier alpha value is -0.240. The van der Waals surface area contributed by atoms with Gasteiger partial charge < -0.3 is 5.32 Å². The maximum atomic E-state index is 6.12. The van der Waals surface area contributed by atoms with Crippen molar-refractivity contribution >= 4 is 23.2 Å². The number of benzene rings is 1. The van der Waals surface area contributed by atoms with E-state index in [1.54, 1.807) is 0 Å². The van der Waals surface area contributed by atoms with Gasteiger partial charge in [0.2, 0.25) is 0 Å². The Balaban J connectivity index is 2.88. The van der Waals surface area contributed by atoms with Gasteiger partial charge >= 0.3 is 0 Å². The van der Waals surface area contributed by atoms with Gasteiger partial charge in [-0.15, -0.1) is 0 Å². The smallest absolute Gasteiger partial charge is 0.0595 e. The number of nitrogens with one attached hydrogen (secondary N) is 1. The molecule has 1 aromatic carbocycles. The average molecular weight is 316 g/mol. The van der Waals surface area contributed by atoms with Crippen LogP contribution in [-0.4, -0.2) is 12.1 Å². The fourth-order valence-electron chi connectivity index (χ4n) is 2.05. The summed E-state index contributed by atoms with van der Waals surface area (Å²) in [5.41, 5.74) is 1.56. The monoisotopic (exact) mass is 315 g/mol. The van der Waals surface area contributed by atoms with Gasteiger partial charge in [0.05, 0.1) is 10.0 Å². The Labute approximate surface area is 134 Å². The van der Waals surface area contributed by atoms with Crippen molar-refractivity contribution in [3.63, 3.8) is 0 Å². The van der Waals surface area contributed by atoms with Crippen LogP contribution in [0.25, 0.3) is 0 Å². The summed E-state index contributed by atoms with van der Waals surface area (Å²) in [5, 5.41) is 4.89. The third-order valence-corrected chi connectivity index (χ3v) is 4.75. The minimum atomic E-state index is 0.133. The number of hydrogen-bond donors (Lipinski definition) is 1. The first-order chi connectivity index (χ1) is 9.03. The van der Waals surface area contributed by atoms with Crippen molar-refractivity contribution in [3.05, 3.63) is 33.8 Å². The molecule has 1 aromatic rings. The Kier molecular flexibility index (Phi) is 5.95. The van der Waals surface area contributed by atoms with Gasteiger partial charge in [-0.3, -0.25) is 0 Å². The minimum Gasteiger partial charge on any atom is -0.312 e. The van der Waals surface area contributed by atoms with Crippen LogP contribution in [0.4, 0.5) is 0 Å². The molecule has 0 aliphatic rings. The van der Waals surface area contributed by atoms with E-state index in [2.05, 4.69) is 52.9 Å². The van der Waals surface area contributed by atoms with E-state index < -0.39 is 0 Å². The first-order valence-electron chi connectivity index (χ1n) is 7.22. The van der Waals surface area contributed by atoms with Gasteiger partial charge in [0.15, 0.2) is 0 Å². The zero-order valence-corrected chi connectivity index (χ0v) is 15.0. The molecule has 0 radical (unpaired) electrons. The Morgan fingerprint density at radius 2 is 1.65 bits per heavy atom.